The van der Waals surface area contributed by atoms with Crippen LogP contribution in [0, 0.1) is 0 Å². The Morgan fingerprint density at radius 3 is 2.24 bits per heavy atom. The third-order valence-corrected chi connectivity index (χ3v) is 2.86. The fourth-order valence-corrected chi connectivity index (χ4v) is 1.93. The van der Waals surface area contributed by atoms with E-state index in [4.69, 9.17) is 10.5 Å². The molecule has 3 N–H and O–H groups in total. The second kappa shape index (κ2) is 5.48. The number of hydrogen-bond donors (Lipinski definition) is 2. The maximum absolute atomic E-state index is 12.0. The van der Waals surface area contributed by atoms with E-state index >= 15 is 0 Å². The highest BCUT2D eigenvalue weighted by molar-refractivity contribution is 5.93. The molecule has 0 aliphatic rings. The van der Waals surface area contributed by atoms with Crippen LogP contribution in [-0.2, 0) is 4.74 Å². The topological polar surface area (TPSA) is 72.5 Å². The summed E-state index contributed by atoms with van der Waals surface area (Å²) in [6.45, 7) is 5.46. The highest BCUT2D eigenvalue weighted by atomic mass is 16.6. The van der Waals surface area contributed by atoms with Crippen molar-refractivity contribution >= 4 is 11.7 Å². The average molecular weight is 285 g/mol. The molecule has 0 aliphatic heterocycles. The molecule has 0 saturated heterocycles. The number of carbonyl (C=O) groups is 1. The molecule has 21 heavy (non-hydrogen) atoms. The van der Waals surface area contributed by atoms with Gasteiger partial charge in [0.1, 0.15) is 11.4 Å². The molecule has 110 valence electrons. The maximum Gasteiger partial charge on any atom is 0.338 e. The van der Waals surface area contributed by atoms with Crippen LogP contribution in [0.4, 0.5) is 5.69 Å². The van der Waals surface area contributed by atoms with E-state index in [1.54, 1.807) is 42.5 Å². The van der Waals surface area contributed by atoms with Crippen LogP contribution in [0.3, 0.4) is 0 Å². The van der Waals surface area contributed by atoms with Gasteiger partial charge in [-0.1, -0.05) is 18.2 Å². The summed E-state index contributed by atoms with van der Waals surface area (Å²) < 4.78 is 5.31. The molecular weight excluding hydrogens is 266 g/mol. The van der Waals surface area contributed by atoms with Crippen molar-refractivity contribution in [3.8, 4) is 16.9 Å². The van der Waals surface area contributed by atoms with E-state index in [9.17, 15) is 9.90 Å². The van der Waals surface area contributed by atoms with Gasteiger partial charge in [-0.2, -0.15) is 0 Å². The van der Waals surface area contributed by atoms with Crippen molar-refractivity contribution in [2.75, 3.05) is 5.73 Å². The van der Waals surface area contributed by atoms with E-state index in [0.29, 0.717) is 11.3 Å². The molecule has 0 amide bonds. The van der Waals surface area contributed by atoms with E-state index in [-0.39, 0.29) is 5.75 Å². The Morgan fingerprint density at radius 2 is 1.71 bits per heavy atom. The quantitative estimate of drug-likeness (QED) is 0.653. The SMILES string of the molecule is CC(C)(C)OC(=O)c1ccc(-c2ccc(O)cc2)c(N)c1. The van der Waals surface area contributed by atoms with Gasteiger partial charge in [0.15, 0.2) is 0 Å². The Hall–Kier alpha value is -2.49. The molecule has 4 nitrogen and oxygen atoms in total. The molecule has 4 heteroatoms. The van der Waals surface area contributed by atoms with Crippen LogP contribution < -0.4 is 5.73 Å². The average Bonchev–Trinajstić information content (AvgIpc) is 2.38. The van der Waals surface area contributed by atoms with Crippen LogP contribution in [0.1, 0.15) is 31.1 Å². The van der Waals surface area contributed by atoms with E-state index in [2.05, 4.69) is 0 Å². The van der Waals surface area contributed by atoms with Crippen molar-refractivity contribution in [3.63, 3.8) is 0 Å². The largest absolute Gasteiger partial charge is 0.508 e. The molecule has 0 fully saturated rings. The first-order valence-electron chi connectivity index (χ1n) is 6.68. The summed E-state index contributed by atoms with van der Waals surface area (Å²) in [5.41, 5.74) is 8.08. The zero-order valence-corrected chi connectivity index (χ0v) is 12.4. The van der Waals surface area contributed by atoms with Crippen molar-refractivity contribution in [1.82, 2.24) is 0 Å². The second-order valence-corrected chi connectivity index (χ2v) is 5.85. The number of aromatic hydroxyl groups is 1. The van der Waals surface area contributed by atoms with Crippen LogP contribution in [0.2, 0.25) is 0 Å². The minimum atomic E-state index is -0.540. The number of phenolic OH excluding ortho intramolecular Hbond substituents is 1. The lowest BCUT2D eigenvalue weighted by Crippen LogP contribution is -2.23. The molecule has 0 radical (unpaired) electrons. The van der Waals surface area contributed by atoms with Gasteiger partial charge in [0, 0.05) is 11.3 Å². The van der Waals surface area contributed by atoms with Gasteiger partial charge >= 0.3 is 5.97 Å². The Labute approximate surface area is 124 Å². The molecule has 0 heterocycles. The predicted molar refractivity (Wildman–Crippen MR) is 83.1 cm³/mol. The molecule has 2 aromatic carbocycles. The summed E-state index contributed by atoms with van der Waals surface area (Å²) in [6, 6.07) is 11.8. The Morgan fingerprint density at radius 1 is 1.10 bits per heavy atom. The summed E-state index contributed by atoms with van der Waals surface area (Å²) in [7, 11) is 0. The number of rotatable bonds is 2. The molecule has 0 atom stereocenters. The number of hydrogen-bond acceptors (Lipinski definition) is 4. The molecule has 0 spiro atoms. The van der Waals surface area contributed by atoms with Gasteiger partial charge in [-0.25, -0.2) is 4.79 Å². The smallest absolute Gasteiger partial charge is 0.338 e. The van der Waals surface area contributed by atoms with Crippen molar-refractivity contribution < 1.29 is 14.6 Å². The predicted octanol–water partition coefficient (Wildman–Crippen LogP) is 3.60. The molecule has 0 aliphatic carbocycles. The number of ether oxygens (including phenoxy) is 1. The molecule has 0 bridgehead atoms. The Bertz CT molecular complexity index is 655. The van der Waals surface area contributed by atoms with Crippen molar-refractivity contribution in [3.05, 3.63) is 48.0 Å². The van der Waals surface area contributed by atoms with Crippen LogP contribution >= 0.6 is 0 Å². The normalized spacial score (nSPS) is 11.2. The van der Waals surface area contributed by atoms with Gasteiger partial charge in [-0.3, -0.25) is 0 Å². The van der Waals surface area contributed by atoms with Crippen LogP contribution in [0.25, 0.3) is 11.1 Å². The number of nitrogen functional groups attached to an aromatic ring is 1. The standard InChI is InChI=1S/C17H19NO3/c1-17(2,3)21-16(20)12-6-9-14(15(18)10-12)11-4-7-13(19)8-5-11/h4-10,19H,18H2,1-3H3. The third-order valence-electron chi connectivity index (χ3n) is 2.86. The molecule has 0 saturated carbocycles. The number of esters is 1. The summed E-state index contributed by atoms with van der Waals surface area (Å²) >= 11 is 0. The second-order valence-electron chi connectivity index (χ2n) is 5.85. The third kappa shape index (κ3) is 3.75. The summed E-state index contributed by atoms with van der Waals surface area (Å²) in [5, 5.41) is 9.31. The van der Waals surface area contributed by atoms with Gasteiger partial charge in [-0.15, -0.1) is 0 Å². The number of nitrogens with two attached hydrogens (primary N) is 1. The van der Waals surface area contributed by atoms with E-state index in [1.165, 1.54) is 0 Å². The Kier molecular flexibility index (Phi) is 3.89. The number of benzene rings is 2. The molecule has 2 rings (SSSR count). The first-order valence-corrected chi connectivity index (χ1v) is 6.68. The fourth-order valence-electron chi connectivity index (χ4n) is 1.93. The Balaban J connectivity index is 2.29. The lowest BCUT2D eigenvalue weighted by Gasteiger charge is -2.19. The molecular formula is C17H19NO3. The van der Waals surface area contributed by atoms with Gasteiger partial charge in [0.05, 0.1) is 5.56 Å². The first kappa shape index (κ1) is 14.9. The molecule has 2 aromatic rings. The first-order chi connectivity index (χ1) is 9.76. The van der Waals surface area contributed by atoms with Crippen molar-refractivity contribution in [1.29, 1.82) is 0 Å². The maximum atomic E-state index is 12.0. The van der Waals surface area contributed by atoms with Gasteiger partial charge in [-0.05, 0) is 50.6 Å². The summed E-state index contributed by atoms with van der Waals surface area (Å²) in [4.78, 5) is 12.0. The van der Waals surface area contributed by atoms with Gasteiger partial charge < -0.3 is 15.6 Å². The zero-order valence-electron chi connectivity index (χ0n) is 12.4. The van der Waals surface area contributed by atoms with Crippen molar-refractivity contribution in [2.45, 2.75) is 26.4 Å². The lowest BCUT2D eigenvalue weighted by molar-refractivity contribution is 0.00696. The van der Waals surface area contributed by atoms with E-state index in [0.717, 1.165) is 11.1 Å². The number of anilines is 1. The lowest BCUT2D eigenvalue weighted by atomic mass is 10.0. The van der Waals surface area contributed by atoms with Crippen molar-refractivity contribution in [2.24, 2.45) is 0 Å². The zero-order chi connectivity index (χ0) is 15.6. The molecule has 0 aromatic heterocycles. The van der Waals surface area contributed by atoms with E-state index in [1.807, 2.05) is 20.8 Å². The van der Waals surface area contributed by atoms with Crippen LogP contribution in [0.5, 0.6) is 5.75 Å². The number of carbonyl (C=O) groups excluding carboxylic acids is 1. The van der Waals surface area contributed by atoms with E-state index < -0.39 is 11.6 Å². The van der Waals surface area contributed by atoms with Gasteiger partial charge in [0.25, 0.3) is 0 Å². The highest BCUT2D eigenvalue weighted by Crippen LogP contribution is 2.28. The van der Waals surface area contributed by atoms with Crippen LogP contribution in [-0.4, -0.2) is 16.7 Å². The van der Waals surface area contributed by atoms with Gasteiger partial charge in [0.2, 0.25) is 0 Å². The minimum Gasteiger partial charge on any atom is -0.508 e. The minimum absolute atomic E-state index is 0.197. The highest BCUT2D eigenvalue weighted by Gasteiger charge is 2.18. The summed E-state index contributed by atoms with van der Waals surface area (Å²) in [6.07, 6.45) is 0. The monoisotopic (exact) mass is 285 g/mol. The summed E-state index contributed by atoms with van der Waals surface area (Å²) in [5.74, 6) is -0.200. The number of phenols is 1. The molecule has 0 unspecified atom stereocenters. The fraction of sp³-hybridized carbons (Fsp3) is 0.235. The van der Waals surface area contributed by atoms with Crippen LogP contribution in [0.15, 0.2) is 42.5 Å².